The van der Waals surface area contributed by atoms with Crippen molar-refractivity contribution in [3.05, 3.63) is 73.4 Å². The Morgan fingerprint density at radius 3 is 1.56 bits per heavy atom. The molecule has 0 amide bonds. The molecule has 0 unspecified atom stereocenters. The van der Waals surface area contributed by atoms with Crippen LogP contribution >= 0.6 is 0 Å². The van der Waals surface area contributed by atoms with Crippen molar-refractivity contribution in [2.45, 2.75) is 33.3 Å². The van der Waals surface area contributed by atoms with E-state index in [1.807, 2.05) is 56.3 Å². The van der Waals surface area contributed by atoms with Gasteiger partial charge in [0.1, 0.15) is 0 Å². The van der Waals surface area contributed by atoms with E-state index in [0.29, 0.717) is 0 Å². The lowest BCUT2D eigenvalue weighted by molar-refractivity contribution is 0.0786. The van der Waals surface area contributed by atoms with Crippen molar-refractivity contribution in [3.8, 4) is 0 Å². The summed E-state index contributed by atoms with van der Waals surface area (Å²) in [5, 5.41) is 9.49. The van der Waals surface area contributed by atoms with E-state index in [0.717, 1.165) is 5.56 Å². The minimum atomic E-state index is -0.707. The first-order valence-electron chi connectivity index (χ1n) is 6.20. The van der Waals surface area contributed by atoms with E-state index in [4.69, 9.17) is 0 Å². The molecular weight excluding hydrogens is 220 g/mol. The van der Waals surface area contributed by atoms with Crippen molar-refractivity contribution in [2.75, 3.05) is 0 Å². The van der Waals surface area contributed by atoms with Crippen LogP contribution in [0, 0.1) is 0 Å². The fourth-order valence-electron chi connectivity index (χ4n) is 1.00. The average molecular weight is 246 g/mol. The SMILES string of the molecule is C=C/C=C\C=C.CC.CC(C)(O)c1ccccc1. The maximum atomic E-state index is 9.49. The molecule has 0 fully saturated rings. The van der Waals surface area contributed by atoms with Crippen LogP contribution < -0.4 is 0 Å². The molecule has 0 heterocycles. The van der Waals surface area contributed by atoms with Gasteiger partial charge in [0.05, 0.1) is 5.60 Å². The van der Waals surface area contributed by atoms with Crippen molar-refractivity contribution in [1.82, 2.24) is 0 Å². The third-order valence-electron chi connectivity index (χ3n) is 1.86. The normalized spacial score (nSPS) is 9.61. The van der Waals surface area contributed by atoms with E-state index in [2.05, 4.69) is 13.2 Å². The Labute approximate surface area is 112 Å². The third kappa shape index (κ3) is 10.9. The van der Waals surface area contributed by atoms with Gasteiger partial charge in [-0.25, -0.2) is 0 Å². The molecule has 1 heteroatoms. The van der Waals surface area contributed by atoms with Gasteiger partial charge in [-0.15, -0.1) is 0 Å². The quantitative estimate of drug-likeness (QED) is 0.755. The van der Waals surface area contributed by atoms with Crippen molar-refractivity contribution in [3.63, 3.8) is 0 Å². The summed E-state index contributed by atoms with van der Waals surface area (Å²) < 4.78 is 0. The van der Waals surface area contributed by atoms with E-state index < -0.39 is 5.60 Å². The molecule has 0 atom stereocenters. The summed E-state index contributed by atoms with van der Waals surface area (Å²) in [6, 6.07) is 9.62. The molecule has 1 rings (SSSR count). The molecule has 1 N–H and O–H groups in total. The highest BCUT2D eigenvalue weighted by atomic mass is 16.3. The highest BCUT2D eigenvalue weighted by Crippen LogP contribution is 2.17. The van der Waals surface area contributed by atoms with Gasteiger partial charge in [-0.05, 0) is 19.4 Å². The van der Waals surface area contributed by atoms with Gasteiger partial charge in [0.2, 0.25) is 0 Å². The number of benzene rings is 1. The minimum Gasteiger partial charge on any atom is -0.386 e. The molecule has 0 bridgehead atoms. The second-order valence-electron chi connectivity index (χ2n) is 3.78. The average Bonchev–Trinajstić information content (AvgIpc) is 2.39. The van der Waals surface area contributed by atoms with E-state index >= 15 is 0 Å². The fourth-order valence-corrected chi connectivity index (χ4v) is 1.00. The zero-order valence-corrected chi connectivity index (χ0v) is 12.1. The van der Waals surface area contributed by atoms with E-state index in [9.17, 15) is 5.11 Å². The second-order valence-corrected chi connectivity index (χ2v) is 3.78. The summed E-state index contributed by atoms with van der Waals surface area (Å²) >= 11 is 0. The summed E-state index contributed by atoms with van der Waals surface area (Å²) in [5.41, 5.74) is 0.247. The van der Waals surface area contributed by atoms with Crippen LogP contribution in [0.4, 0.5) is 0 Å². The first-order chi connectivity index (χ1) is 8.52. The van der Waals surface area contributed by atoms with Gasteiger partial charge < -0.3 is 5.11 Å². The molecule has 100 valence electrons. The molecule has 1 aromatic rings. The molecule has 0 aliphatic carbocycles. The highest BCUT2D eigenvalue weighted by molar-refractivity contribution is 5.20. The van der Waals surface area contributed by atoms with Gasteiger partial charge in [0, 0.05) is 0 Å². The molecule has 0 saturated carbocycles. The lowest BCUT2D eigenvalue weighted by Gasteiger charge is -2.16. The highest BCUT2D eigenvalue weighted by Gasteiger charge is 2.13. The van der Waals surface area contributed by atoms with Gasteiger partial charge in [-0.2, -0.15) is 0 Å². The van der Waals surface area contributed by atoms with Crippen molar-refractivity contribution < 1.29 is 5.11 Å². The zero-order chi connectivity index (χ0) is 14.4. The van der Waals surface area contributed by atoms with Gasteiger partial charge >= 0.3 is 0 Å². The molecule has 0 spiro atoms. The standard InChI is InChI=1S/C9H12O.C6H8.C2H6/c1-9(2,10)8-6-4-3-5-7-8;1-3-5-6-4-2;1-2/h3-7,10H,1-2H3;3-6H,1-2H2;1-2H3/b;6-5-;. The van der Waals surface area contributed by atoms with Crippen LogP contribution in [0.5, 0.6) is 0 Å². The zero-order valence-electron chi connectivity index (χ0n) is 12.1. The van der Waals surface area contributed by atoms with Gasteiger partial charge in [0.25, 0.3) is 0 Å². The molecule has 0 aliphatic rings. The van der Waals surface area contributed by atoms with Crippen molar-refractivity contribution >= 4 is 0 Å². The Morgan fingerprint density at radius 1 is 0.944 bits per heavy atom. The molecule has 0 aromatic heterocycles. The van der Waals surface area contributed by atoms with E-state index in [1.165, 1.54) is 0 Å². The number of aliphatic hydroxyl groups is 1. The fraction of sp³-hybridized carbons (Fsp3) is 0.294. The second kappa shape index (κ2) is 11.9. The lowest BCUT2D eigenvalue weighted by atomic mass is 9.99. The van der Waals surface area contributed by atoms with Gasteiger partial charge in [-0.1, -0.05) is 81.6 Å². The molecule has 1 aromatic carbocycles. The number of hydrogen-bond donors (Lipinski definition) is 1. The van der Waals surface area contributed by atoms with Gasteiger partial charge in [0.15, 0.2) is 0 Å². The smallest absolute Gasteiger partial charge is 0.0840 e. The van der Waals surface area contributed by atoms with Crippen LogP contribution in [-0.2, 0) is 5.60 Å². The third-order valence-corrected chi connectivity index (χ3v) is 1.86. The summed E-state index contributed by atoms with van der Waals surface area (Å²) in [6.07, 6.45) is 7.07. The molecule has 0 aliphatic heterocycles. The Kier molecular flexibility index (Phi) is 12.4. The summed E-state index contributed by atoms with van der Waals surface area (Å²) in [4.78, 5) is 0. The summed E-state index contributed by atoms with van der Waals surface area (Å²) in [6.45, 7) is 14.5. The van der Waals surface area contributed by atoms with Crippen LogP contribution in [-0.4, -0.2) is 5.11 Å². The van der Waals surface area contributed by atoms with Crippen LogP contribution in [0.1, 0.15) is 33.3 Å². The van der Waals surface area contributed by atoms with Crippen LogP contribution in [0.15, 0.2) is 67.8 Å². The molecule has 1 nitrogen and oxygen atoms in total. The first-order valence-corrected chi connectivity index (χ1v) is 6.20. The predicted molar refractivity (Wildman–Crippen MR) is 82.6 cm³/mol. The minimum absolute atomic E-state index is 0.707. The Bertz CT molecular complexity index is 318. The lowest BCUT2D eigenvalue weighted by Crippen LogP contribution is -2.14. The summed E-state index contributed by atoms with van der Waals surface area (Å²) in [5.74, 6) is 0. The number of hydrogen-bond acceptors (Lipinski definition) is 1. The molecular formula is C17H26O. The number of rotatable bonds is 3. The van der Waals surface area contributed by atoms with Crippen LogP contribution in [0.25, 0.3) is 0 Å². The van der Waals surface area contributed by atoms with Crippen LogP contribution in [0.2, 0.25) is 0 Å². The van der Waals surface area contributed by atoms with Crippen molar-refractivity contribution in [2.24, 2.45) is 0 Å². The van der Waals surface area contributed by atoms with E-state index in [1.54, 1.807) is 26.0 Å². The molecule has 0 radical (unpaired) electrons. The first kappa shape index (κ1) is 18.8. The molecule has 0 saturated heterocycles. The van der Waals surface area contributed by atoms with Crippen LogP contribution in [0.3, 0.4) is 0 Å². The maximum Gasteiger partial charge on any atom is 0.0840 e. The monoisotopic (exact) mass is 246 g/mol. The maximum absolute atomic E-state index is 9.49. The van der Waals surface area contributed by atoms with E-state index in [-0.39, 0.29) is 0 Å². The topological polar surface area (TPSA) is 20.2 Å². The van der Waals surface area contributed by atoms with Crippen molar-refractivity contribution in [1.29, 1.82) is 0 Å². The number of allylic oxidation sites excluding steroid dienone is 4. The summed E-state index contributed by atoms with van der Waals surface area (Å²) in [7, 11) is 0. The van der Waals surface area contributed by atoms with Gasteiger partial charge in [-0.3, -0.25) is 0 Å². The Morgan fingerprint density at radius 2 is 1.33 bits per heavy atom. The Hall–Kier alpha value is -1.60. The Balaban J connectivity index is 0. The largest absolute Gasteiger partial charge is 0.386 e. The molecule has 18 heavy (non-hydrogen) atoms. The predicted octanol–water partition coefficient (Wildman–Crippen LogP) is 4.85.